The van der Waals surface area contributed by atoms with Gasteiger partial charge in [-0.25, -0.2) is 4.39 Å². The Morgan fingerprint density at radius 3 is 2.67 bits per heavy atom. The number of likely N-dealkylation sites (tertiary alicyclic amines) is 1. The third kappa shape index (κ3) is 3.07. The number of aryl methyl sites for hydroxylation is 1. The molecule has 0 atom stereocenters. The van der Waals surface area contributed by atoms with Crippen LogP contribution in [0.1, 0.15) is 28.8 Å². The third-order valence-electron chi connectivity index (χ3n) is 3.49. The summed E-state index contributed by atoms with van der Waals surface area (Å²) in [5.74, 6) is -0.505. The van der Waals surface area contributed by atoms with Crippen molar-refractivity contribution < 1.29 is 9.18 Å². The molecule has 1 N–H and O–H groups in total. The van der Waals surface area contributed by atoms with E-state index in [0.29, 0.717) is 11.1 Å². The number of rotatable bonds is 2. The highest BCUT2D eigenvalue weighted by Gasteiger charge is 2.19. The van der Waals surface area contributed by atoms with E-state index >= 15 is 0 Å². The van der Waals surface area contributed by atoms with E-state index in [0.717, 1.165) is 25.9 Å². The molecule has 1 saturated heterocycles. The van der Waals surface area contributed by atoms with Gasteiger partial charge in [-0.1, -0.05) is 6.07 Å². The Labute approximate surface area is 107 Å². The standard InChI is InChI=1S/C14H19FN2O/c1-10-3-4-11(9-13(10)15)14(18)16-12-5-7-17(2)8-6-12/h3-4,9,12H,5-8H2,1-2H3,(H,16,18). The topological polar surface area (TPSA) is 32.3 Å². The van der Waals surface area contributed by atoms with E-state index in [4.69, 9.17) is 0 Å². The molecule has 18 heavy (non-hydrogen) atoms. The van der Waals surface area contributed by atoms with Gasteiger partial charge >= 0.3 is 0 Å². The number of carbonyl (C=O) groups is 1. The van der Waals surface area contributed by atoms with Crippen LogP contribution in [-0.2, 0) is 0 Å². The highest BCUT2D eigenvalue weighted by atomic mass is 19.1. The van der Waals surface area contributed by atoms with E-state index in [1.807, 2.05) is 0 Å². The maximum Gasteiger partial charge on any atom is 0.251 e. The van der Waals surface area contributed by atoms with Crippen LogP contribution in [-0.4, -0.2) is 37.0 Å². The minimum Gasteiger partial charge on any atom is -0.349 e. The lowest BCUT2D eigenvalue weighted by Crippen LogP contribution is -2.43. The van der Waals surface area contributed by atoms with Crippen molar-refractivity contribution in [3.63, 3.8) is 0 Å². The molecule has 98 valence electrons. The van der Waals surface area contributed by atoms with Crippen LogP contribution in [0.25, 0.3) is 0 Å². The maximum atomic E-state index is 13.4. The first-order valence-electron chi connectivity index (χ1n) is 6.32. The van der Waals surface area contributed by atoms with Crippen molar-refractivity contribution in [1.29, 1.82) is 0 Å². The van der Waals surface area contributed by atoms with Gasteiger partial charge in [0.15, 0.2) is 0 Å². The van der Waals surface area contributed by atoms with Crippen LogP contribution in [0.5, 0.6) is 0 Å². The molecule has 4 heteroatoms. The second-order valence-electron chi connectivity index (χ2n) is 5.01. The van der Waals surface area contributed by atoms with Crippen molar-refractivity contribution >= 4 is 5.91 Å². The van der Waals surface area contributed by atoms with Crippen LogP contribution in [0.4, 0.5) is 4.39 Å². The van der Waals surface area contributed by atoms with Crippen LogP contribution < -0.4 is 5.32 Å². The van der Waals surface area contributed by atoms with Crippen LogP contribution >= 0.6 is 0 Å². The molecule has 1 aliphatic rings. The number of benzene rings is 1. The fraction of sp³-hybridized carbons (Fsp3) is 0.500. The number of halogens is 1. The number of nitrogens with zero attached hydrogens (tertiary/aromatic N) is 1. The zero-order valence-corrected chi connectivity index (χ0v) is 10.9. The zero-order valence-electron chi connectivity index (χ0n) is 10.9. The highest BCUT2D eigenvalue weighted by molar-refractivity contribution is 5.94. The number of amides is 1. The van der Waals surface area contributed by atoms with Crippen molar-refractivity contribution in [1.82, 2.24) is 10.2 Å². The van der Waals surface area contributed by atoms with Crippen LogP contribution in [0.2, 0.25) is 0 Å². The Kier molecular flexibility index (Phi) is 3.97. The van der Waals surface area contributed by atoms with Gasteiger partial charge in [0.05, 0.1) is 0 Å². The van der Waals surface area contributed by atoms with Crippen LogP contribution in [0, 0.1) is 12.7 Å². The van der Waals surface area contributed by atoms with Crippen molar-refractivity contribution in [3.05, 3.63) is 35.1 Å². The second-order valence-corrected chi connectivity index (χ2v) is 5.01. The molecule has 0 spiro atoms. The molecule has 0 saturated carbocycles. The van der Waals surface area contributed by atoms with Gasteiger partial charge in [-0.3, -0.25) is 4.79 Å². The lowest BCUT2D eigenvalue weighted by molar-refractivity contribution is 0.0916. The summed E-state index contributed by atoms with van der Waals surface area (Å²) in [6.07, 6.45) is 1.91. The van der Waals surface area contributed by atoms with Gasteiger partial charge in [-0.15, -0.1) is 0 Å². The normalized spacial score (nSPS) is 17.7. The summed E-state index contributed by atoms with van der Waals surface area (Å²) < 4.78 is 13.4. The highest BCUT2D eigenvalue weighted by Crippen LogP contribution is 2.12. The summed E-state index contributed by atoms with van der Waals surface area (Å²) in [6.45, 7) is 3.67. The van der Waals surface area contributed by atoms with Crippen molar-refractivity contribution in [2.75, 3.05) is 20.1 Å². The van der Waals surface area contributed by atoms with E-state index in [9.17, 15) is 9.18 Å². The van der Waals surface area contributed by atoms with Gasteiger partial charge in [0.1, 0.15) is 5.82 Å². The molecular weight excluding hydrogens is 231 g/mol. The molecule has 0 bridgehead atoms. The Hall–Kier alpha value is -1.42. The van der Waals surface area contributed by atoms with E-state index in [2.05, 4.69) is 17.3 Å². The Morgan fingerprint density at radius 2 is 2.06 bits per heavy atom. The molecule has 3 nitrogen and oxygen atoms in total. The first-order valence-corrected chi connectivity index (χ1v) is 6.32. The lowest BCUT2D eigenvalue weighted by Gasteiger charge is -2.29. The SMILES string of the molecule is Cc1ccc(C(=O)NC2CCN(C)CC2)cc1F. The molecule has 1 aromatic carbocycles. The first-order chi connectivity index (χ1) is 8.56. The summed E-state index contributed by atoms with van der Waals surface area (Å²) in [5, 5.41) is 2.97. The van der Waals surface area contributed by atoms with Crippen molar-refractivity contribution in [3.8, 4) is 0 Å². The summed E-state index contributed by atoms with van der Waals surface area (Å²) in [7, 11) is 2.08. The number of hydrogen-bond acceptors (Lipinski definition) is 2. The van der Waals surface area contributed by atoms with Gasteiger partial charge in [-0.2, -0.15) is 0 Å². The van der Waals surface area contributed by atoms with Crippen LogP contribution in [0.15, 0.2) is 18.2 Å². The quantitative estimate of drug-likeness (QED) is 0.870. The Morgan fingerprint density at radius 1 is 1.39 bits per heavy atom. The smallest absolute Gasteiger partial charge is 0.251 e. The van der Waals surface area contributed by atoms with E-state index in [1.165, 1.54) is 6.07 Å². The average molecular weight is 250 g/mol. The molecule has 1 amide bonds. The molecule has 0 aromatic heterocycles. The van der Waals surface area contributed by atoms with Gasteiger partial charge < -0.3 is 10.2 Å². The largest absolute Gasteiger partial charge is 0.349 e. The maximum absolute atomic E-state index is 13.4. The minimum atomic E-state index is -0.328. The minimum absolute atomic E-state index is 0.177. The van der Waals surface area contributed by atoms with E-state index < -0.39 is 0 Å². The fourth-order valence-electron chi connectivity index (χ4n) is 2.16. The summed E-state index contributed by atoms with van der Waals surface area (Å²) in [6, 6.07) is 4.82. The fourth-order valence-corrected chi connectivity index (χ4v) is 2.16. The molecule has 1 aliphatic heterocycles. The number of nitrogens with one attached hydrogen (secondary N) is 1. The Bertz CT molecular complexity index is 439. The number of carbonyl (C=O) groups excluding carboxylic acids is 1. The monoisotopic (exact) mass is 250 g/mol. The predicted octanol–water partition coefficient (Wildman–Crippen LogP) is 1.96. The molecule has 1 aromatic rings. The third-order valence-corrected chi connectivity index (χ3v) is 3.49. The average Bonchev–Trinajstić information content (AvgIpc) is 2.35. The molecule has 1 fully saturated rings. The van der Waals surface area contributed by atoms with Crippen molar-refractivity contribution in [2.24, 2.45) is 0 Å². The van der Waals surface area contributed by atoms with E-state index in [1.54, 1.807) is 19.1 Å². The molecule has 0 aliphatic carbocycles. The molecule has 2 rings (SSSR count). The van der Waals surface area contributed by atoms with Gasteiger partial charge in [0.25, 0.3) is 5.91 Å². The molecular formula is C14H19FN2O. The first kappa shape index (κ1) is 13.0. The van der Waals surface area contributed by atoms with Crippen molar-refractivity contribution in [2.45, 2.75) is 25.8 Å². The summed E-state index contributed by atoms with van der Waals surface area (Å²) in [5.41, 5.74) is 0.961. The molecule has 0 radical (unpaired) electrons. The second kappa shape index (κ2) is 5.48. The number of hydrogen-bond donors (Lipinski definition) is 1. The summed E-state index contributed by atoms with van der Waals surface area (Å²) in [4.78, 5) is 14.2. The molecule has 0 unspecified atom stereocenters. The number of piperidine rings is 1. The van der Waals surface area contributed by atoms with Gasteiger partial charge in [-0.05, 0) is 57.6 Å². The predicted molar refractivity (Wildman–Crippen MR) is 69.1 cm³/mol. The molecule has 1 heterocycles. The van der Waals surface area contributed by atoms with Crippen LogP contribution in [0.3, 0.4) is 0 Å². The summed E-state index contributed by atoms with van der Waals surface area (Å²) >= 11 is 0. The van der Waals surface area contributed by atoms with Gasteiger partial charge in [0, 0.05) is 11.6 Å². The Balaban J connectivity index is 1.97. The van der Waals surface area contributed by atoms with Gasteiger partial charge in [0.2, 0.25) is 0 Å². The van der Waals surface area contributed by atoms with E-state index in [-0.39, 0.29) is 17.8 Å². The lowest BCUT2D eigenvalue weighted by atomic mass is 10.0. The zero-order chi connectivity index (χ0) is 13.1.